The second kappa shape index (κ2) is 2.90. The van der Waals surface area contributed by atoms with Crippen molar-refractivity contribution < 1.29 is 4.57 Å². The van der Waals surface area contributed by atoms with Crippen LogP contribution in [0.1, 0.15) is 0 Å². The molecule has 0 aliphatic carbocycles. The summed E-state index contributed by atoms with van der Waals surface area (Å²) in [6.45, 7) is 0. The third-order valence-electron chi connectivity index (χ3n) is 1.72. The van der Waals surface area contributed by atoms with Crippen LogP contribution in [-0.2, 0) is 7.05 Å². The van der Waals surface area contributed by atoms with Gasteiger partial charge in [-0.1, -0.05) is 6.07 Å². The molecule has 0 fully saturated rings. The van der Waals surface area contributed by atoms with Gasteiger partial charge in [-0.2, -0.15) is 0 Å². The molecule has 2 rings (SSSR count). The van der Waals surface area contributed by atoms with Crippen LogP contribution in [0.25, 0.3) is 5.82 Å². The SMILES string of the molecule is C[n+]1[c-]n(-c2cccc(=O)[nH]2)cc1. The summed E-state index contributed by atoms with van der Waals surface area (Å²) in [5.41, 5.74) is -0.109. The van der Waals surface area contributed by atoms with Gasteiger partial charge in [-0.15, -0.1) is 0 Å². The minimum absolute atomic E-state index is 0.109. The van der Waals surface area contributed by atoms with E-state index in [0.29, 0.717) is 5.82 Å². The average molecular weight is 175 g/mol. The fraction of sp³-hybridized carbons (Fsp3) is 0.111. The van der Waals surface area contributed by atoms with E-state index in [1.165, 1.54) is 6.07 Å². The zero-order valence-electron chi connectivity index (χ0n) is 7.19. The number of pyridine rings is 1. The van der Waals surface area contributed by atoms with Crippen molar-refractivity contribution in [1.82, 2.24) is 9.55 Å². The molecule has 66 valence electrons. The highest BCUT2D eigenvalue weighted by Crippen LogP contribution is 1.96. The monoisotopic (exact) mass is 175 g/mol. The average Bonchev–Trinajstić information content (AvgIpc) is 2.52. The first-order valence-corrected chi connectivity index (χ1v) is 3.92. The second-order valence-electron chi connectivity index (χ2n) is 2.78. The number of aromatic amines is 1. The lowest BCUT2D eigenvalue weighted by Crippen LogP contribution is -2.24. The molecule has 4 nitrogen and oxygen atoms in total. The first-order chi connectivity index (χ1) is 6.25. The van der Waals surface area contributed by atoms with Crippen molar-refractivity contribution in [3.8, 4) is 5.82 Å². The van der Waals surface area contributed by atoms with E-state index in [-0.39, 0.29) is 5.56 Å². The lowest BCUT2D eigenvalue weighted by molar-refractivity contribution is -0.674. The van der Waals surface area contributed by atoms with Gasteiger partial charge in [-0.3, -0.25) is 4.79 Å². The number of aryl methyl sites for hydroxylation is 1. The van der Waals surface area contributed by atoms with Gasteiger partial charge < -0.3 is 14.1 Å². The van der Waals surface area contributed by atoms with Crippen molar-refractivity contribution in [2.24, 2.45) is 7.05 Å². The predicted molar refractivity (Wildman–Crippen MR) is 46.4 cm³/mol. The molecular weight excluding hydrogens is 166 g/mol. The van der Waals surface area contributed by atoms with Gasteiger partial charge in [-0.05, 0) is 6.07 Å². The Kier molecular flexibility index (Phi) is 1.73. The van der Waals surface area contributed by atoms with Gasteiger partial charge >= 0.3 is 0 Å². The quantitative estimate of drug-likeness (QED) is 0.473. The third kappa shape index (κ3) is 1.51. The molecule has 2 heterocycles. The fourth-order valence-electron chi connectivity index (χ4n) is 1.11. The highest BCUT2D eigenvalue weighted by Gasteiger charge is 1.95. The number of hydrogen-bond acceptors (Lipinski definition) is 1. The van der Waals surface area contributed by atoms with Gasteiger partial charge in [0.2, 0.25) is 11.9 Å². The molecule has 0 amide bonds. The molecular formula is C9H9N3O. The summed E-state index contributed by atoms with van der Waals surface area (Å²) in [6.07, 6.45) is 6.66. The van der Waals surface area contributed by atoms with Crippen molar-refractivity contribution >= 4 is 0 Å². The number of H-pyrrole nitrogens is 1. The van der Waals surface area contributed by atoms with Crippen LogP contribution in [-0.4, -0.2) is 9.55 Å². The number of hydrogen-bond donors (Lipinski definition) is 1. The molecule has 0 atom stereocenters. The number of aromatic nitrogens is 3. The lowest BCUT2D eigenvalue weighted by atomic mass is 10.4. The van der Waals surface area contributed by atoms with Crippen LogP contribution in [0.15, 0.2) is 35.4 Å². The Morgan fingerprint density at radius 3 is 3.00 bits per heavy atom. The molecule has 1 N–H and O–H groups in total. The predicted octanol–water partition coefficient (Wildman–Crippen LogP) is -0.210. The van der Waals surface area contributed by atoms with Crippen LogP contribution in [0, 0.1) is 6.33 Å². The highest BCUT2D eigenvalue weighted by molar-refractivity contribution is 5.19. The Labute approximate surface area is 75.1 Å². The van der Waals surface area contributed by atoms with Gasteiger partial charge in [0.25, 0.3) is 0 Å². The van der Waals surface area contributed by atoms with Crippen molar-refractivity contribution in [3.05, 3.63) is 47.3 Å². The van der Waals surface area contributed by atoms with E-state index in [9.17, 15) is 4.79 Å². The van der Waals surface area contributed by atoms with Crippen LogP contribution in [0.5, 0.6) is 0 Å². The summed E-state index contributed by atoms with van der Waals surface area (Å²) in [7, 11) is 1.87. The summed E-state index contributed by atoms with van der Waals surface area (Å²) in [5.74, 6) is 0.716. The van der Waals surface area contributed by atoms with Crippen LogP contribution in [0.2, 0.25) is 0 Å². The maximum atomic E-state index is 11.0. The number of nitrogens with one attached hydrogen (secondary N) is 1. The van der Waals surface area contributed by atoms with Crippen LogP contribution < -0.4 is 10.1 Å². The van der Waals surface area contributed by atoms with E-state index in [0.717, 1.165) is 0 Å². The van der Waals surface area contributed by atoms with Gasteiger partial charge in [0.1, 0.15) is 5.82 Å². The topological polar surface area (TPSA) is 41.7 Å². The van der Waals surface area contributed by atoms with Crippen molar-refractivity contribution in [1.29, 1.82) is 0 Å². The Bertz CT molecular complexity index is 469. The smallest absolute Gasteiger partial charge is 0.244 e. The minimum Gasteiger partial charge on any atom is -0.329 e. The number of rotatable bonds is 1. The van der Waals surface area contributed by atoms with E-state index in [1.54, 1.807) is 15.2 Å². The molecule has 0 radical (unpaired) electrons. The van der Waals surface area contributed by atoms with Crippen molar-refractivity contribution in [2.45, 2.75) is 0 Å². The maximum Gasteiger partial charge on any atom is 0.244 e. The van der Waals surface area contributed by atoms with Crippen molar-refractivity contribution in [2.75, 3.05) is 0 Å². The fourth-order valence-corrected chi connectivity index (χ4v) is 1.11. The Morgan fingerprint density at radius 2 is 2.38 bits per heavy atom. The Balaban J connectivity index is 2.52. The zero-order valence-corrected chi connectivity index (χ0v) is 7.19. The molecule has 4 heteroatoms. The largest absolute Gasteiger partial charge is 0.329 e. The van der Waals surface area contributed by atoms with E-state index in [2.05, 4.69) is 11.3 Å². The lowest BCUT2D eigenvalue weighted by Gasteiger charge is -1.99. The Hall–Kier alpha value is -1.84. The minimum atomic E-state index is -0.109. The van der Waals surface area contributed by atoms with Gasteiger partial charge in [0.15, 0.2) is 0 Å². The maximum absolute atomic E-state index is 11.0. The summed E-state index contributed by atoms with van der Waals surface area (Å²) in [6, 6.07) is 5.01. The molecule has 0 aliphatic heterocycles. The van der Waals surface area contributed by atoms with Crippen molar-refractivity contribution in [3.63, 3.8) is 0 Å². The van der Waals surface area contributed by atoms with Crippen LogP contribution >= 0.6 is 0 Å². The molecule has 0 spiro atoms. The summed E-state index contributed by atoms with van der Waals surface area (Å²) < 4.78 is 3.51. The molecule has 0 saturated carbocycles. The molecule has 2 aromatic rings. The second-order valence-corrected chi connectivity index (χ2v) is 2.78. The van der Waals surface area contributed by atoms with Gasteiger partial charge in [0, 0.05) is 18.5 Å². The van der Waals surface area contributed by atoms with E-state index in [4.69, 9.17) is 0 Å². The summed E-state index contributed by atoms with van der Waals surface area (Å²) >= 11 is 0. The van der Waals surface area contributed by atoms with Gasteiger partial charge in [0.05, 0.1) is 7.05 Å². The zero-order chi connectivity index (χ0) is 9.26. The molecule has 0 bridgehead atoms. The molecule has 0 saturated heterocycles. The third-order valence-corrected chi connectivity index (χ3v) is 1.72. The molecule has 0 aromatic carbocycles. The van der Waals surface area contributed by atoms with Crippen LogP contribution in [0.4, 0.5) is 0 Å². The van der Waals surface area contributed by atoms with E-state index >= 15 is 0 Å². The number of imidazole rings is 1. The Morgan fingerprint density at radius 1 is 1.54 bits per heavy atom. The first-order valence-electron chi connectivity index (χ1n) is 3.92. The van der Waals surface area contributed by atoms with E-state index < -0.39 is 0 Å². The molecule has 13 heavy (non-hydrogen) atoms. The normalized spacial score (nSPS) is 10.2. The van der Waals surface area contributed by atoms with E-state index in [1.807, 2.05) is 25.5 Å². The molecule has 0 unspecified atom stereocenters. The standard InChI is InChI=1S/C9H9N3O/c1-11-5-6-12(7-11)8-3-2-4-9(13)10-8/h2-6H,1H3,(H,10,13). The van der Waals surface area contributed by atoms with Crippen LogP contribution in [0.3, 0.4) is 0 Å². The number of nitrogens with zero attached hydrogens (tertiary/aromatic N) is 2. The summed E-state index contributed by atoms with van der Waals surface area (Å²) in [4.78, 5) is 13.7. The first kappa shape index (κ1) is 7.79. The van der Waals surface area contributed by atoms with Gasteiger partial charge in [-0.25, -0.2) is 0 Å². The molecule has 2 aromatic heterocycles. The highest BCUT2D eigenvalue weighted by atomic mass is 16.1. The molecule has 0 aliphatic rings. The summed E-state index contributed by atoms with van der Waals surface area (Å²) in [5, 5.41) is 0.